The first-order valence-corrected chi connectivity index (χ1v) is 7.82. The molecule has 0 unspecified atom stereocenters. The van der Waals surface area contributed by atoms with Gasteiger partial charge in [-0.15, -0.1) is 0 Å². The number of anilines is 2. The molecular weight excluding hydrogens is 292 g/mol. The molecule has 21 heavy (non-hydrogen) atoms. The van der Waals surface area contributed by atoms with E-state index in [4.69, 9.17) is 5.73 Å². The van der Waals surface area contributed by atoms with Crippen LogP contribution in [0.1, 0.15) is 5.82 Å². The summed E-state index contributed by atoms with van der Waals surface area (Å²) in [5.41, 5.74) is 6.54. The van der Waals surface area contributed by atoms with E-state index in [-0.39, 0.29) is 4.90 Å². The van der Waals surface area contributed by atoms with Crippen molar-refractivity contribution in [1.29, 1.82) is 0 Å². The Bertz CT molecular complexity index is 725. The highest BCUT2D eigenvalue weighted by Crippen LogP contribution is 2.23. The van der Waals surface area contributed by atoms with Crippen LogP contribution in [0.2, 0.25) is 0 Å². The van der Waals surface area contributed by atoms with Crippen LogP contribution in [0.15, 0.2) is 29.4 Å². The maximum Gasteiger partial charge on any atom is 0.242 e. The third-order valence-corrected chi connectivity index (χ3v) is 4.33. The summed E-state index contributed by atoms with van der Waals surface area (Å²) in [5, 5.41) is 7.23. The molecule has 0 bridgehead atoms. The van der Waals surface area contributed by atoms with Crippen LogP contribution >= 0.6 is 0 Å². The number of hydrogen-bond acceptors (Lipinski definition) is 6. The Labute approximate surface area is 123 Å². The van der Waals surface area contributed by atoms with Crippen molar-refractivity contribution in [3.05, 3.63) is 30.4 Å². The highest BCUT2D eigenvalue weighted by molar-refractivity contribution is 7.89. The molecule has 9 heteroatoms. The second-order valence-electron chi connectivity index (χ2n) is 4.47. The number of nitrogens with one attached hydrogen (secondary N) is 2. The molecule has 0 atom stereocenters. The highest BCUT2D eigenvalue weighted by atomic mass is 32.2. The lowest BCUT2D eigenvalue weighted by Crippen LogP contribution is -2.21. The van der Waals surface area contributed by atoms with Gasteiger partial charge >= 0.3 is 0 Å². The first-order valence-electron chi connectivity index (χ1n) is 6.34. The number of hydrogen-bond donors (Lipinski definition) is 3. The van der Waals surface area contributed by atoms with Crippen LogP contribution in [0.4, 0.5) is 11.4 Å². The van der Waals surface area contributed by atoms with Crippen LogP contribution in [0.5, 0.6) is 0 Å². The SMILES string of the molecule is CNS(=O)(=O)c1cc(N)ccc1NCCc1ncn(C)n1. The summed E-state index contributed by atoms with van der Waals surface area (Å²) in [4.78, 5) is 4.23. The molecule has 0 spiro atoms. The van der Waals surface area contributed by atoms with Crippen molar-refractivity contribution in [3.8, 4) is 0 Å². The van der Waals surface area contributed by atoms with Crippen molar-refractivity contribution in [2.45, 2.75) is 11.3 Å². The van der Waals surface area contributed by atoms with E-state index in [1.165, 1.54) is 13.1 Å². The predicted octanol–water partition coefficient (Wildman–Crippen LogP) is -0.0400. The lowest BCUT2D eigenvalue weighted by atomic mass is 10.2. The third-order valence-electron chi connectivity index (χ3n) is 2.88. The second-order valence-corrected chi connectivity index (χ2v) is 6.33. The fraction of sp³-hybridized carbons (Fsp3) is 0.333. The topological polar surface area (TPSA) is 115 Å². The molecule has 8 nitrogen and oxygen atoms in total. The first kappa shape index (κ1) is 15.3. The number of nitrogens with zero attached hydrogens (tertiary/aromatic N) is 3. The number of benzene rings is 1. The zero-order valence-electron chi connectivity index (χ0n) is 11.9. The van der Waals surface area contributed by atoms with Gasteiger partial charge in [-0.3, -0.25) is 4.68 Å². The number of aromatic nitrogens is 3. The van der Waals surface area contributed by atoms with Gasteiger partial charge < -0.3 is 11.1 Å². The summed E-state index contributed by atoms with van der Waals surface area (Å²) in [6.07, 6.45) is 2.21. The zero-order chi connectivity index (χ0) is 15.5. The van der Waals surface area contributed by atoms with Gasteiger partial charge in [-0.25, -0.2) is 18.1 Å². The number of nitrogens with two attached hydrogens (primary N) is 1. The van der Waals surface area contributed by atoms with E-state index in [0.29, 0.717) is 30.2 Å². The predicted molar refractivity (Wildman–Crippen MR) is 80.3 cm³/mol. The molecule has 1 aromatic heterocycles. The summed E-state index contributed by atoms with van der Waals surface area (Å²) in [6, 6.07) is 4.72. The van der Waals surface area contributed by atoms with Crippen LogP contribution in [0, 0.1) is 0 Å². The minimum absolute atomic E-state index is 0.124. The fourth-order valence-electron chi connectivity index (χ4n) is 1.82. The summed E-state index contributed by atoms with van der Waals surface area (Å²) in [7, 11) is -0.416. The quantitative estimate of drug-likeness (QED) is 0.645. The van der Waals surface area contributed by atoms with E-state index in [0.717, 1.165) is 0 Å². The minimum Gasteiger partial charge on any atom is -0.399 e. The van der Waals surface area contributed by atoms with Crippen molar-refractivity contribution >= 4 is 21.4 Å². The number of aryl methyl sites for hydroxylation is 1. The Kier molecular flexibility index (Phi) is 4.43. The average Bonchev–Trinajstić information content (AvgIpc) is 2.86. The lowest BCUT2D eigenvalue weighted by molar-refractivity contribution is 0.588. The van der Waals surface area contributed by atoms with Gasteiger partial charge in [-0.1, -0.05) is 0 Å². The van der Waals surface area contributed by atoms with Gasteiger partial charge in [-0.2, -0.15) is 5.10 Å². The molecule has 114 valence electrons. The summed E-state index contributed by atoms with van der Waals surface area (Å²) < 4.78 is 27.9. The molecule has 0 fully saturated rings. The van der Waals surface area contributed by atoms with Gasteiger partial charge in [-0.05, 0) is 25.2 Å². The molecule has 2 aromatic rings. The van der Waals surface area contributed by atoms with Crippen molar-refractivity contribution in [2.75, 3.05) is 24.6 Å². The van der Waals surface area contributed by atoms with Crippen molar-refractivity contribution in [2.24, 2.45) is 7.05 Å². The Morgan fingerprint density at radius 3 is 2.76 bits per heavy atom. The second kappa shape index (κ2) is 6.10. The summed E-state index contributed by atoms with van der Waals surface area (Å²) >= 11 is 0. The van der Waals surface area contributed by atoms with E-state index in [1.54, 1.807) is 30.2 Å². The molecule has 0 aliphatic heterocycles. The molecule has 0 saturated heterocycles. The van der Waals surface area contributed by atoms with Gasteiger partial charge in [0.05, 0.1) is 5.69 Å². The van der Waals surface area contributed by atoms with Crippen LogP contribution in [-0.2, 0) is 23.5 Å². The molecule has 0 aliphatic rings. The summed E-state index contributed by atoms with van der Waals surface area (Å²) in [5.74, 6) is 0.693. The van der Waals surface area contributed by atoms with Crippen LogP contribution < -0.4 is 15.8 Å². The van der Waals surface area contributed by atoms with Crippen LogP contribution in [0.3, 0.4) is 0 Å². The van der Waals surface area contributed by atoms with Gasteiger partial charge in [0.2, 0.25) is 10.0 Å². The smallest absolute Gasteiger partial charge is 0.242 e. The van der Waals surface area contributed by atoms with E-state index in [2.05, 4.69) is 20.1 Å². The third kappa shape index (κ3) is 3.70. The average molecular weight is 310 g/mol. The molecule has 0 radical (unpaired) electrons. The Morgan fingerprint density at radius 2 is 2.14 bits per heavy atom. The number of rotatable bonds is 6. The largest absolute Gasteiger partial charge is 0.399 e. The van der Waals surface area contributed by atoms with Gasteiger partial charge in [0.1, 0.15) is 11.2 Å². The van der Waals surface area contributed by atoms with E-state index < -0.39 is 10.0 Å². The van der Waals surface area contributed by atoms with E-state index in [9.17, 15) is 8.42 Å². The van der Waals surface area contributed by atoms with E-state index in [1.807, 2.05) is 0 Å². The van der Waals surface area contributed by atoms with Gasteiger partial charge in [0.15, 0.2) is 5.82 Å². The monoisotopic (exact) mass is 310 g/mol. The van der Waals surface area contributed by atoms with Gasteiger partial charge in [0.25, 0.3) is 0 Å². The van der Waals surface area contributed by atoms with Crippen molar-refractivity contribution in [3.63, 3.8) is 0 Å². The molecule has 4 N–H and O–H groups in total. The van der Waals surface area contributed by atoms with Crippen LogP contribution in [-0.4, -0.2) is 36.8 Å². The maximum absolute atomic E-state index is 12.0. The Balaban J connectivity index is 2.13. The lowest BCUT2D eigenvalue weighted by Gasteiger charge is -2.12. The summed E-state index contributed by atoms with van der Waals surface area (Å²) in [6.45, 7) is 0.514. The zero-order valence-corrected chi connectivity index (χ0v) is 12.7. The molecule has 0 amide bonds. The standard InChI is InChI=1S/C12H18N6O2S/c1-14-21(19,20)11-7-9(13)3-4-10(11)15-6-5-12-16-8-18(2)17-12/h3-4,7-8,14-15H,5-6,13H2,1-2H3. The number of sulfonamides is 1. The van der Waals surface area contributed by atoms with Gasteiger partial charge in [0, 0.05) is 25.7 Å². The molecule has 2 rings (SSSR count). The van der Waals surface area contributed by atoms with Crippen molar-refractivity contribution in [1.82, 2.24) is 19.5 Å². The minimum atomic E-state index is -3.57. The molecule has 0 aliphatic carbocycles. The molecular formula is C12H18N6O2S. The van der Waals surface area contributed by atoms with Crippen molar-refractivity contribution < 1.29 is 8.42 Å². The highest BCUT2D eigenvalue weighted by Gasteiger charge is 2.17. The fourth-order valence-corrected chi connectivity index (χ4v) is 2.77. The Morgan fingerprint density at radius 1 is 1.38 bits per heavy atom. The molecule has 1 aromatic carbocycles. The Hall–Kier alpha value is -2.13. The first-order chi connectivity index (χ1) is 9.92. The van der Waals surface area contributed by atoms with E-state index >= 15 is 0 Å². The number of nitrogen functional groups attached to an aromatic ring is 1. The molecule has 1 heterocycles. The molecule has 0 saturated carbocycles. The maximum atomic E-state index is 12.0. The normalized spacial score (nSPS) is 11.5. The van der Waals surface area contributed by atoms with Crippen LogP contribution in [0.25, 0.3) is 0 Å².